The average molecular weight is 1350 g/mol. The normalized spacial score (nSPS) is 10.5. The van der Waals surface area contributed by atoms with Crippen molar-refractivity contribution < 1.29 is 72.0 Å². The molecule has 7 N–H and O–H groups in total. The number of pyridine rings is 6. The highest BCUT2D eigenvalue weighted by molar-refractivity contribution is 6.03. The highest BCUT2D eigenvalue weighted by Crippen LogP contribution is 2.34. The molecule has 0 saturated heterocycles. The Labute approximate surface area is 572 Å². The second-order valence-corrected chi connectivity index (χ2v) is 21.8. The third-order valence-electron chi connectivity index (χ3n) is 14.7. The number of aromatic nitrogens is 6. The number of hydrogen-bond donors (Lipinski definition) is 7. The number of aliphatic hydroxyl groups excluding tert-OH is 3. The van der Waals surface area contributed by atoms with Gasteiger partial charge in [0, 0.05) is 62.1 Å². The second kappa shape index (κ2) is 36.3. The predicted octanol–water partition coefficient (Wildman–Crippen LogP) is 9.42. The lowest BCUT2D eigenvalue weighted by atomic mass is 10.0. The summed E-state index contributed by atoms with van der Waals surface area (Å²) < 4.78 is 61.6. The molecule has 0 atom stereocenters. The van der Waals surface area contributed by atoms with E-state index in [1.54, 1.807) is 74.2 Å². The maximum Gasteiger partial charge on any atom is 0.358 e. The van der Waals surface area contributed by atoms with E-state index < -0.39 is 24.4 Å². The smallest absolute Gasteiger partial charge is 0.358 e. The summed E-state index contributed by atoms with van der Waals surface area (Å²) in [6.45, 7) is 0.361. The Balaban J connectivity index is 0.000000176. The van der Waals surface area contributed by atoms with Crippen LogP contribution in [0.3, 0.4) is 0 Å². The van der Waals surface area contributed by atoms with Crippen molar-refractivity contribution >= 4 is 50.5 Å². The molecule has 0 aliphatic heterocycles. The molecular formula is C77H65F3N8O12. The summed E-state index contributed by atoms with van der Waals surface area (Å²) in [5.74, 6) is 12.6. The Morgan fingerprint density at radius 1 is 0.440 bits per heavy atom. The number of hydrogen-bond acceptors (Lipinski definition) is 17. The number of halogens is 3. The molecule has 11 rings (SSSR count). The van der Waals surface area contributed by atoms with Crippen molar-refractivity contribution in [3.8, 4) is 52.8 Å². The molecule has 0 aliphatic rings. The van der Waals surface area contributed by atoms with E-state index in [9.17, 15) is 42.9 Å². The summed E-state index contributed by atoms with van der Waals surface area (Å²) in [5.41, 5.74) is 8.01. The number of carboxylic acids is 1. The van der Waals surface area contributed by atoms with Crippen LogP contribution in [0.25, 0.3) is 32.7 Å². The number of nitrogens with one attached hydrogen (secondary N) is 2. The number of methoxy groups -OCH3 is 2. The molecule has 0 radical (unpaired) electrons. The van der Waals surface area contributed by atoms with Crippen molar-refractivity contribution in [3.63, 3.8) is 0 Å². The number of carbonyl (C=O) groups excluding carboxylic acids is 2. The highest BCUT2D eigenvalue weighted by atomic mass is 19.1. The third-order valence-corrected chi connectivity index (χ3v) is 14.7. The SMILES string of the molecule is COCCNC(=O)c1nc(C#CCO)c2cc(Cc3ccc(F)cc3)cnc2c1O.COCCNC(=O)c1nc(C#CCO)c2cc(Cc3ccc(F)cc3)cnc2c1OCc1ccccc1.O=C(O)c1nc(C#CCO)c2cc(Cc3ccc(F)cc3)cnc2c1OCc1ccccc1. The molecule has 0 fully saturated rings. The first-order valence-electron chi connectivity index (χ1n) is 31.0. The number of carboxylic acid groups (broad SMARTS) is 1. The van der Waals surface area contributed by atoms with Gasteiger partial charge in [0.05, 0.1) is 13.2 Å². The van der Waals surface area contributed by atoms with Gasteiger partial charge in [0.15, 0.2) is 34.3 Å². The van der Waals surface area contributed by atoms with Crippen LogP contribution in [0.4, 0.5) is 13.2 Å². The second-order valence-electron chi connectivity index (χ2n) is 21.8. The first-order chi connectivity index (χ1) is 48.7. The topological polar surface area (TPSA) is 291 Å². The Kier molecular flexibility index (Phi) is 26.2. The molecule has 0 unspecified atom stereocenters. The lowest BCUT2D eigenvalue weighted by Crippen LogP contribution is -2.28. The van der Waals surface area contributed by atoms with Gasteiger partial charge in [-0.1, -0.05) is 115 Å². The van der Waals surface area contributed by atoms with Crippen molar-refractivity contribution in [3.05, 3.63) is 266 Å². The fourth-order valence-corrected chi connectivity index (χ4v) is 9.97. The van der Waals surface area contributed by atoms with Crippen molar-refractivity contribution in [2.24, 2.45) is 0 Å². The zero-order valence-corrected chi connectivity index (χ0v) is 54.1. The van der Waals surface area contributed by atoms with Crippen molar-refractivity contribution in [1.82, 2.24) is 40.5 Å². The highest BCUT2D eigenvalue weighted by Gasteiger charge is 2.25. The molecule has 20 nitrogen and oxygen atoms in total. The van der Waals surface area contributed by atoms with Crippen molar-refractivity contribution in [2.75, 3.05) is 60.3 Å². The Morgan fingerprint density at radius 3 is 1.15 bits per heavy atom. The van der Waals surface area contributed by atoms with E-state index in [1.165, 1.54) is 43.5 Å². The number of rotatable bonds is 21. The molecule has 100 heavy (non-hydrogen) atoms. The number of ether oxygens (including phenoxy) is 4. The number of aromatic carboxylic acids is 1. The van der Waals surface area contributed by atoms with Crippen LogP contribution in [-0.4, -0.2) is 134 Å². The quantitative estimate of drug-likeness (QED) is 0.0260. The van der Waals surface area contributed by atoms with Crippen molar-refractivity contribution in [2.45, 2.75) is 32.5 Å². The van der Waals surface area contributed by atoms with E-state index in [0.717, 1.165) is 44.5 Å². The summed E-state index contributed by atoms with van der Waals surface area (Å²) in [7, 11) is 3.05. The fraction of sp³-hybridized carbons (Fsp3) is 0.182. The van der Waals surface area contributed by atoms with Crippen LogP contribution in [0.5, 0.6) is 17.2 Å². The Hall–Kier alpha value is -12.1. The first kappa shape index (κ1) is 72.1. The number of aliphatic hydroxyl groups is 3. The summed E-state index contributed by atoms with van der Waals surface area (Å²) >= 11 is 0. The molecule has 0 bridgehead atoms. The number of fused-ring (bicyclic) bond motifs is 3. The Bertz CT molecular complexity index is 4890. The van der Waals surface area contributed by atoms with Crippen LogP contribution in [0.1, 0.15) is 93.1 Å². The van der Waals surface area contributed by atoms with Gasteiger partial charge in [-0.05, 0) is 136 Å². The lowest BCUT2D eigenvalue weighted by molar-refractivity contribution is 0.0684. The molecule has 6 heterocycles. The molecule has 0 saturated carbocycles. The number of carbonyl (C=O) groups is 3. The lowest BCUT2D eigenvalue weighted by Gasteiger charge is -2.15. The van der Waals surface area contributed by atoms with Gasteiger partial charge in [-0.3, -0.25) is 24.5 Å². The summed E-state index contributed by atoms with van der Waals surface area (Å²) in [6, 6.07) is 42.8. The van der Waals surface area contributed by atoms with E-state index in [-0.39, 0.29) is 108 Å². The zero-order chi connectivity index (χ0) is 70.8. The first-order valence-corrected chi connectivity index (χ1v) is 31.0. The molecule has 23 heteroatoms. The van der Waals surface area contributed by atoms with Crippen molar-refractivity contribution in [1.29, 1.82) is 0 Å². The van der Waals surface area contributed by atoms with E-state index in [2.05, 4.69) is 76.1 Å². The van der Waals surface area contributed by atoms with Gasteiger partial charge in [-0.2, -0.15) is 0 Å². The monoisotopic (exact) mass is 1350 g/mol. The van der Waals surface area contributed by atoms with Crippen LogP contribution in [-0.2, 0) is 41.9 Å². The van der Waals surface area contributed by atoms with Gasteiger partial charge in [-0.15, -0.1) is 0 Å². The van der Waals surface area contributed by atoms with Gasteiger partial charge in [0.25, 0.3) is 11.8 Å². The average Bonchev–Trinajstić information content (AvgIpc) is 0.785. The van der Waals surface area contributed by atoms with E-state index in [0.29, 0.717) is 65.4 Å². The summed E-state index contributed by atoms with van der Waals surface area (Å²) in [6.07, 6.45) is 6.36. The largest absolute Gasteiger partial charge is 0.504 e. The number of benzene rings is 5. The van der Waals surface area contributed by atoms with Gasteiger partial charge >= 0.3 is 5.97 Å². The molecule has 506 valence electrons. The number of amides is 2. The predicted molar refractivity (Wildman–Crippen MR) is 367 cm³/mol. The minimum atomic E-state index is -1.27. The van der Waals surface area contributed by atoms with Crippen LogP contribution in [0, 0.1) is 53.0 Å². The van der Waals surface area contributed by atoms with E-state index >= 15 is 0 Å². The van der Waals surface area contributed by atoms with Gasteiger partial charge < -0.3 is 55.1 Å². The van der Waals surface area contributed by atoms with Gasteiger partial charge in [0.2, 0.25) is 0 Å². The number of aromatic hydroxyl groups is 1. The van der Waals surface area contributed by atoms with Crippen LogP contribution < -0.4 is 20.1 Å². The molecular weight excluding hydrogens is 1290 g/mol. The maximum absolute atomic E-state index is 13.3. The number of nitrogens with zero attached hydrogens (tertiary/aromatic N) is 6. The fourth-order valence-electron chi connectivity index (χ4n) is 9.97. The molecule has 6 aromatic heterocycles. The van der Waals surface area contributed by atoms with Crippen LogP contribution in [0.15, 0.2) is 170 Å². The van der Waals surface area contributed by atoms with Crippen LogP contribution >= 0.6 is 0 Å². The maximum atomic E-state index is 13.3. The van der Waals surface area contributed by atoms with E-state index in [4.69, 9.17) is 29.2 Å². The van der Waals surface area contributed by atoms with Crippen LogP contribution in [0.2, 0.25) is 0 Å². The molecule has 0 aliphatic carbocycles. The molecule has 2 amide bonds. The Morgan fingerprint density at radius 2 is 0.780 bits per heavy atom. The molecule has 11 aromatic rings. The zero-order valence-electron chi connectivity index (χ0n) is 54.1. The molecule has 0 spiro atoms. The summed E-state index contributed by atoms with van der Waals surface area (Å²) in [4.78, 5) is 63.8. The molecule has 5 aromatic carbocycles. The van der Waals surface area contributed by atoms with Gasteiger partial charge in [-0.25, -0.2) is 32.9 Å². The minimum absolute atomic E-state index is 0.0422. The summed E-state index contributed by atoms with van der Waals surface area (Å²) in [5, 5.41) is 54.7. The van der Waals surface area contributed by atoms with Gasteiger partial charge in [0.1, 0.15) is 84.1 Å². The van der Waals surface area contributed by atoms with E-state index in [1.807, 2.05) is 66.7 Å². The third kappa shape index (κ3) is 19.8. The standard InChI is InChI=1S/C29H26FN3O4.C26H19FN2O4.C22H20FN3O4/c1-36-15-13-31-29(35)27-28(37-19-21-6-3-2-4-7-21)26-24(25(33-27)8-5-14-34)17-22(18-32-26)16-20-9-11-23(30)12-10-20;27-20-10-8-17(9-11-20)13-19-14-21-22(7-4-12-30)29-24(26(31)32)25(23(21)28-15-19)33-16-18-5-2-1-3-6-18;1-30-10-8-24-22(29)20-21(28)19-17(18(26-20)3-2-9-27)12-15(13-25-19)11-14-4-6-16(23)7-5-14/h2-4,6-7,9-12,17-18,34H,13-16,19H2,1H3,(H,31,35);1-3,5-6,8-11,14-15,30H,12-13,16H2,(H,31,32);4-7,12-13,27-28H,8-11H2,1H3,(H,24,29). The minimum Gasteiger partial charge on any atom is -0.504 e.